The maximum absolute atomic E-state index is 11.5. The summed E-state index contributed by atoms with van der Waals surface area (Å²) in [5.74, 6) is 0.694. The molecule has 0 aromatic heterocycles. The van der Waals surface area contributed by atoms with Crippen LogP contribution in [0.25, 0.3) is 0 Å². The topological polar surface area (TPSA) is 55.6 Å². The third kappa shape index (κ3) is 4.54. The minimum atomic E-state index is -0.163. The van der Waals surface area contributed by atoms with Crippen LogP contribution in [0.4, 0.5) is 4.79 Å². The SMILES string of the molecule is CCOC(=O)N1CCC(CC(C)(C)CN)CC1. The summed E-state index contributed by atoms with van der Waals surface area (Å²) in [6.45, 7) is 9.10. The first-order valence-electron chi connectivity index (χ1n) is 6.60. The van der Waals surface area contributed by atoms with Gasteiger partial charge in [0.05, 0.1) is 6.61 Å². The van der Waals surface area contributed by atoms with Crippen LogP contribution in [0, 0.1) is 11.3 Å². The second kappa shape index (κ2) is 6.24. The predicted molar refractivity (Wildman–Crippen MR) is 68.8 cm³/mol. The molecule has 1 rings (SSSR count). The second-order valence-corrected chi connectivity index (χ2v) is 5.70. The number of hydrogen-bond donors (Lipinski definition) is 1. The summed E-state index contributed by atoms with van der Waals surface area (Å²) in [7, 11) is 0. The summed E-state index contributed by atoms with van der Waals surface area (Å²) in [6.07, 6.45) is 3.13. The molecule has 0 bridgehead atoms. The average molecular weight is 242 g/mol. The molecule has 0 spiro atoms. The molecule has 0 radical (unpaired) electrons. The van der Waals surface area contributed by atoms with Crippen molar-refractivity contribution in [2.45, 2.75) is 40.0 Å². The highest BCUT2D eigenvalue weighted by atomic mass is 16.6. The van der Waals surface area contributed by atoms with Crippen LogP contribution in [-0.2, 0) is 4.74 Å². The van der Waals surface area contributed by atoms with Crippen molar-refractivity contribution in [1.82, 2.24) is 4.90 Å². The van der Waals surface area contributed by atoms with Crippen molar-refractivity contribution in [3.8, 4) is 0 Å². The second-order valence-electron chi connectivity index (χ2n) is 5.70. The third-order valence-electron chi connectivity index (χ3n) is 3.53. The van der Waals surface area contributed by atoms with Crippen molar-refractivity contribution < 1.29 is 9.53 Å². The Morgan fingerprint density at radius 3 is 2.47 bits per heavy atom. The maximum atomic E-state index is 11.5. The lowest BCUT2D eigenvalue weighted by molar-refractivity contribution is 0.0860. The van der Waals surface area contributed by atoms with Crippen LogP contribution in [0.15, 0.2) is 0 Å². The van der Waals surface area contributed by atoms with E-state index in [0.29, 0.717) is 12.5 Å². The standard InChI is InChI=1S/C13H26N2O2/c1-4-17-12(16)15-7-5-11(6-8-15)9-13(2,3)10-14/h11H,4-10,14H2,1-3H3. The van der Waals surface area contributed by atoms with Gasteiger partial charge in [-0.05, 0) is 44.1 Å². The van der Waals surface area contributed by atoms with E-state index in [1.165, 1.54) is 0 Å². The molecule has 1 saturated heterocycles. The molecular formula is C13H26N2O2. The average Bonchev–Trinajstić information content (AvgIpc) is 2.30. The fourth-order valence-corrected chi connectivity index (χ4v) is 2.40. The quantitative estimate of drug-likeness (QED) is 0.822. The summed E-state index contributed by atoms with van der Waals surface area (Å²) in [4.78, 5) is 13.3. The van der Waals surface area contributed by atoms with E-state index in [-0.39, 0.29) is 11.5 Å². The van der Waals surface area contributed by atoms with E-state index in [1.807, 2.05) is 11.8 Å². The molecule has 0 aromatic rings. The Morgan fingerprint density at radius 1 is 1.41 bits per heavy atom. The van der Waals surface area contributed by atoms with Gasteiger partial charge in [0.1, 0.15) is 0 Å². The zero-order chi connectivity index (χ0) is 12.9. The van der Waals surface area contributed by atoms with Gasteiger partial charge in [0.2, 0.25) is 0 Å². The fraction of sp³-hybridized carbons (Fsp3) is 0.923. The summed E-state index contributed by atoms with van der Waals surface area (Å²) in [5.41, 5.74) is 5.97. The van der Waals surface area contributed by atoms with Crippen molar-refractivity contribution in [1.29, 1.82) is 0 Å². The van der Waals surface area contributed by atoms with E-state index < -0.39 is 0 Å². The van der Waals surface area contributed by atoms with Crippen molar-refractivity contribution >= 4 is 6.09 Å². The van der Waals surface area contributed by atoms with Crippen molar-refractivity contribution in [2.24, 2.45) is 17.1 Å². The number of amides is 1. The zero-order valence-corrected chi connectivity index (χ0v) is 11.4. The largest absolute Gasteiger partial charge is 0.450 e. The van der Waals surface area contributed by atoms with Gasteiger partial charge in [-0.15, -0.1) is 0 Å². The Bertz CT molecular complexity index is 246. The number of nitrogens with two attached hydrogens (primary N) is 1. The number of piperidine rings is 1. The number of ether oxygens (including phenoxy) is 1. The molecule has 4 nitrogen and oxygen atoms in total. The molecule has 17 heavy (non-hydrogen) atoms. The fourth-order valence-electron chi connectivity index (χ4n) is 2.40. The lowest BCUT2D eigenvalue weighted by Gasteiger charge is -2.35. The highest BCUT2D eigenvalue weighted by molar-refractivity contribution is 5.67. The Morgan fingerprint density at radius 2 is 2.00 bits per heavy atom. The molecule has 0 saturated carbocycles. The van der Waals surface area contributed by atoms with Gasteiger partial charge in [-0.3, -0.25) is 0 Å². The van der Waals surface area contributed by atoms with Crippen LogP contribution in [-0.4, -0.2) is 37.2 Å². The molecule has 1 aliphatic rings. The summed E-state index contributed by atoms with van der Waals surface area (Å²) < 4.78 is 5.01. The van der Waals surface area contributed by atoms with E-state index in [0.717, 1.165) is 38.9 Å². The first kappa shape index (κ1) is 14.3. The first-order chi connectivity index (χ1) is 7.98. The predicted octanol–water partition coefficient (Wildman–Crippen LogP) is 2.23. The molecular weight excluding hydrogens is 216 g/mol. The molecule has 1 amide bonds. The molecule has 0 aromatic carbocycles. The van der Waals surface area contributed by atoms with Gasteiger partial charge in [-0.2, -0.15) is 0 Å². The number of carbonyl (C=O) groups excluding carboxylic acids is 1. The van der Waals surface area contributed by atoms with E-state index in [4.69, 9.17) is 10.5 Å². The van der Waals surface area contributed by atoms with Gasteiger partial charge < -0.3 is 15.4 Å². The van der Waals surface area contributed by atoms with Crippen molar-refractivity contribution in [3.05, 3.63) is 0 Å². The van der Waals surface area contributed by atoms with Crippen molar-refractivity contribution in [2.75, 3.05) is 26.2 Å². The molecule has 1 fully saturated rings. The molecule has 0 atom stereocenters. The number of hydrogen-bond acceptors (Lipinski definition) is 3. The van der Waals surface area contributed by atoms with E-state index in [2.05, 4.69) is 13.8 Å². The monoisotopic (exact) mass is 242 g/mol. The minimum absolute atomic E-state index is 0.163. The number of likely N-dealkylation sites (tertiary alicyclic amines) is 1. The Hall–Kier alpha value is -0.770. The smallest absolute Gasteiger partial charge is 0.409 e. The van der Waals surface area contributed by atoms with Crippen molar-refractivity contribution in [3.63, 3.8) is 0 Å². The van der Waals surface area contributed by atoms with Crippen LogP contribution in [0.3, 0.4) is 0 Å². The first-order valence-corrected chi connectivity index (χ1v) is 6.60. The summed E-state index contributed by atoms with van der Waals surface area (Å²) in [6, 6.07) is 0. The molecule has 0 unspecified atom stereocenters. The van der Waals surface area contributed by atoms with Gasteiger partial charge in [-0.1, -0.05) is 13.8 Å². The van der Waals surface area contributed by atoms with Crippen LogP contribution < -0.4 is 5.73 Å². The van der Waals surface area contributed by atoms with Gasteiger partial charge in [-0.25, -0.2) is 4.79 Å². The Kier molecular flexibility index (Phi) is 5.25. The number of nitrogens with zero attached hydrogens (tertiary/aromatic N) is 1. The molecule has 100 valence electrons. The maximum Gasteiger partial charge on any atom is 0.409 e. The Balaban J connectivity index is 2.33. The lowest BCUT2D eigenvalue weighted by atomic mass is 9.79. The molecule has 1 aliphatic heterocycles. The minimum Gasteiger partial charge on any atom is -0.450 e. The number of rotatable bonds is 4. The van der Waals surface area contributed by atoms with E-state index >= 15 is 0 Å². The molecule has 0 aliphatic carbocycles. The third-order valence-corrected chi connectivity index (χ3v) is 3.53. The van der Waals surface area contributed by atoms with E-state index in [9.17, 15) is 4.79 Å². The van der Waals surface area contributed by atoms with Crippen LogP contribution in [0.2, 0.25) is 0 Å². The summed E-state index contributed by atoms with van der Waals surface area (Å²) in [5, 5.41) is 0. The highest BCUT2D eigenvalue weighted by Gasteiger charge is 2.27. The van der Waals surface area contributed by atoms with Crippen LogP contribution in [0.5, 0.6) is 0 Å². The summed E-state index contributed by atoms with van der Waals surface area (Å²) >= 11 is 0. The van der Waals surface area contributed by atoms with Gasteiger partial charge in [0, 0.05) is 13.1 Å². The van der Waals surface area contributed by atoms with Crippen LogP contribution in [0.1, 0.15) is 40.0 Å². The van der Waals surface area contributed by atoms with Gasteiger partial charge in [0.15, 0.2) is 0 Å². The molecule has 1 heterocycles. The number of carbonyl (C=O) groups is 1. The Labute approximate surface area is 104 Å². The molecule has 4 heteroatoms. The normalized spacial score (nSPS) is 18.2. The van der Waals surface area contributed by atoms with E-state index in [1.54, 1.807) is 0 Å². The highest BCUT2D eigenvalue weighted by Crippen LogP contribution is 2.30. The van der Waals surface area contributed by atoms with Crippen LogP contribution >= 0.6 is 0 Å². The van der Waals surface area contributed by atoms with Gasteiger partial charge in [0.25, 0.3) is 0 Å². The molecule has 2 N–H and O–H groups in total. The lowest BCUT2D eigenvalue weighted by Crippen LogP contribution is -2.40. The van der Waals surface area contributed by atoms with Gasteiger partial charge >= 0.3 is 6.09 Å². The zero-order valence-electron chi connectivity index (χ0n) is 11.4.